The van der Waals surface area contributed by atoms with Gasteiger partial charge in [-0.05, 0) is 30.8 Å². The van der Waals surface area contributed by atoms with Gasteiger partial charge in [0.15, 0.2) is 0 Å². The van der Waals surface area contributed by atoms with Crippen molar-refractivity contribution in [3.8, 4) is 0 Å². The Hall–Kier alpha value is -1.59. The first-order chi connectivity index (χ1) is 10.1. The molecule has 1 N–H and O–H groups in total. The molecule has 0 bridgehead atoms. The molecule has 2 heterocycles. The van der Waals surface area contributed by atoms with Crippen molar-refractivity contribution in [2.75, 3.05) is 20.6 Å². The zero-order valence-corrected chi connectivity index (χ0v) is 13.7. The molecule has 0 unspecified atom stereocenters. The van der Waals surface area contributed by atoms with Crippen molar-refractivity contribution in [2.45, 2.75) is 25.9 Å². The van der Waals surface area contributed by atoms with Crippen molar-refractivity contribution in [1.82, 2.24) is 14.8 Å². The molecule has 4 nitrogen and oxygen atoms in total. The van der Waals surface area contributed by atoms with E-state index in [9.17, 15) is 9.18 Å². The Morgan fingerprint density at radius 1 is 1.41 bits per heavy atom. The van der Waals surface area contributed by atoms with Crippen LogP contribution in [0.4, 0.5) is 4.39 Å². The summed E-state index contributed by atoms with van der Waals surface area (Å²) in [6, 6.07) is 4.93. The van der Waals surface area contributed by atoms with Crippen LogP contribution in [0.2, 0.25) is 0 Å². The average molecular weight is 326 g/mol. The van der Waals surface area contributed by atoms with Gasteiger partial charge in [0, 0.05) is 56.1 Å². The molecule has 0 aliphatic carbocycles. The third-order valence-corrected chi connectivity index (χ3v) is 4.25. The minimum atomic E-state index is -0.207. The fraction of sp³-hybridized carbons (Fsp3) is 0.438. The van der Waals surface area contributed by atoms with Crippen molar-refractivity contribution in [2.24, 2.45) is 0 Å². The third kappa shape index (κ3) is 2.96. The van der Waals surface area contributed by atoms with Crippen LogP contribution in [0, 0.1) is 5.82 Å². The lowest BCUT2D eigenvalue weighted by atomic mass is 10.0. The highest BCUT2D eigenvalue weighted by atomic mass is 35.5. The molecule has 1 aromatic heterocycles. The fourth-order valence-electron chi connectivity index (χ4n) is 3.15. The Labute approximate surface area is 135 Å². The number of likely N-dealkylation sites (N-methyl/N-ethyl adjacent to an activating group) is 1. The first kappa shape index (κ1) is 16.8. The van der Waals surface area contributed by atoms with E-state index in [-0.39, 0.29) is 24.1 Å². The number of rotatable bonds is 3. The predicted molar refractivity (Wildman–Crippen MR) is 87.9 cm³/mol. The van der Waals surface area contributed by atoms with Crippen LogP contribution < -0.4 is 5.32 Å². The number of nitrogens with zero attached hydrogens (tertiary/aromatic N) is 2. The number of carbonyl (C=O) groups is 1. The molecule has 1 amide bonds. The fourth-order valence-corrected chi connectivity index (χ4v) is 3.15. The Morgan fingerprint density at radius 3 is 2.91 bits per heavy atom. The van der Waals surface area contributed by atoms with Gasteiger partial charge in [0.2, 0.25) is 5.91 Å². The molecule has 120 valence electrons. The third-order valence-electron chi connectivity index (χ3n) is 4.25. The quantitative estimate of drug-likeness (QED) is 0.940. The van der Waals surface area contributed by atoms with Gasteiger partial charge in [0.25, 0.3) is 0 Å². The van der Waals surface area contributed by atoms with Crippen molar-refractivity contribution in [3.05, 3.63) is 35.3 Å². The highest BCUT2D eigenvalue weighted by molar-refractivity contribution is 5.86. The topological polar surface area (TPSA) is 37.3 Å². The summed E-state index contributed by atoms with van der Waals surface area (Å²) in [5.41, 5.74) is 3.48. The minimum Gasteiger partial charge on any atom is -0.359 e. The van der Waals surface area contributed by atoms with Gasteiger partial charge in [-0.15, -0.1) is 12.4 Å². The maximum atomic E-state index is 13.6. The molecule has 6 heteroatoms. The van der Waals surface area contributed by atoms with Crippen LogP contribution in [0.3, 0.4) is 0 Å². The first-order valence-corrected chi connectivity index (χ1v) is 7.28. The summed E-state index contributed by atoms with van der Waals surface area (Å²) in [6.07, 6.45) is 1.38. The van der Waals surface area contributed by atoms with Crippen molar-refractivity contribution in [3.63, 3.8) is 0 Å². The number of aromatic nitrogens is 1. The van der Waals surface area contributed by atoms with Crippen molar-refractivity contribution >= 4 is 29.2 Å². The van der Waals surface area contributed by atoms with Gasteiger partial charge in [0.05, 0.1) is 0 Å². The number of benzene rings is 1. The number of nitrogens with one attached hydrogen (secondary N) is 1. The van der Waals surface area contributed by atoms with E-state index in [0.717, 1.165) is 30.4 Å². The largest absolute Gasteiger partial charge is 0.359 e. The molecule has 0 fully saturated rings. The van der Waals surface area contributed by atoms with Crippen LogP contribution >= 0.6 is 12.4 Å². The number of hydrogen-bond acceptors (Lipinski definition) is 2. The van der Waals surface area contributed by atoms with Gasteiger partial charge in [-0.1, -0.05) is 0 Å². The smallest absolute Gasteiger partial charge is 0.221 e. The summed E-state index contributed by atoms with van der Waals surface area (Å²) in [6.45, 7) is 2.47. The van der Waals surface area contributed by atoms with Crippen molar-refractivity contribution in [1.29, 1.82) is 0 Å². The number of carbonyl (C=O) groups excluding carboxylic acids is 1. The van der Waals surface area contributed by atoms with E-state index in [1.807, 2.05) is 6.07 Å². The van der Waals surface area contributed by atoms with Gasteiger partial charge in [-0.25, -0.2) is 4.39 Å². The molecule has 1 aromatic carbocycles. The maximum Gasteiger partial charge on any atom is 0.221 e. The number of amides is 1. The van der Waals surface area contributed by atoms with Crippen LogP contribution in [0.15, 0.2) is 18.2 Å². The molecule has 0 spiro atoms. The van der Waals surface area contributed by atoms with Crippen LogP contribution in [-0.2, 0) is 24.3 Å². The lowest BCUT2D eigenvalue weighted by Crippen LogP contribution is -2.28. The molecule has 0 saturated carbocycles. The van der Waals surface area contributed by atoms with Gasteiger partial charge < -0.3 is 14.8 Å². The Morgan fingerprint density at radius 2 is 2.18 bits per heavy atom. The van der Waals surface area contributed by atoms with E-state index < -0.39 is 0 Å². The molecule has 0 atom stereocenters. The maximum absolute atomic E-state index is 13.6. The molecule has 1 aliphatic heterocycles. The summed E-state index contributed by atoms with van der Waals surface area (Å²) in [5.74, 6) is -0.178. The minimum absolute atomic E-state index is 0. The monoisotopic (exact) mass is 325 g/mol. The van der Waals surface area contributed by atoms with Crippen LogP contribution in [0.1, 0.15) is 17.7 Å². The number of halogens is 2. The average Bonchev–Trinajstić information content (AvgIpc) is 2.77. The molecule has 0 saturated heterocycles. The highest BCUT2D eigenvalue weighted by Crippen LogP contribution is 2.31. The van der Waals surface area contributed by atoms with Gasteiger partial charge >= 0.3 is 0 Å². The Balaban J connectivity index is 0.00000176. The summed E-state index contributed by atoms with van der Waals surface area (Å²) in [4.78, 5) is 13.8. The summed E-state index contributed by atoms with van der Waals surface area (Å²) in [7, 11) is 3.73. The molecular formula is C16H21ClFN3O. The van der Waals surface area contributed by atoms with E-state index in [1.54, 1.807) is 13.1 Å². The SMILES string of the molecule is CNC(=O)CCn1c2c(c3cc(F)ccc31)CN(C)CC2.Cl. The number of hydrogen-bond donors (Lipinski definition) is 1. The zero-order valence-electron chi connectivity index (χ0n) is 12.9. The second-order valence-electron chi connectivity index (χ2n) is 5.65. The second kappa shape index (κ2) is 6.67. The van der Waals surface area contributed by atoms with E-state index in [0.29, 0.717) is 13.0 Å². The van der Waals surface area contributed by atoms with Crippen LogP contribution in [0.25, 0.3) is 10.9 Å². The van der Waals surface area contributed by atoms with Crippen LogP contribution in [-0.4, -0.2) is 36.0 Å². The summed E-state index contributed by atoms with van der Waals surface area (Å²) < 4.78 is 15.8. The number of fused-ring (bicyclic) bond motifs is 3. The normalized spacial score (nSPS) is 14.5. The lowest BCUT2D eigenvalue weighted by molar-refractivity contribution is -0.120. The van der Waals surface area contributed by atoms with Crippen LogP contribution in [0.5, 0.6) is 0 Å². The summed E-state index contributed by atoms with van der Waals surface area (Å²) >= 11 is 0. The molecule has 3 rings (SSSR count). The van der Waals surface area contributed by atoms with Crippen molar-refractivity contribution < 1.29 is 9.18 Å². The number of aryl methyl sites for hydroxylation is 1. The molecule has 0 radical (unpaired) electrons. The lowest BCUT2D eigenvalue weighted by Gasteiger charge is -2.24. The first-order valence-electron chi connectivity index (χ1n) is 7.28. The standard InChI is InChI=1S/C16H20FN3O.ClH/c1-18-16(21)6-8-20-14-4-3-11(17)9-12(14)13-10-19(2)7-5-15(13)20;/h3-4,9H,5-8,10H2,1-2H3,(H,18,21);1H. The highest BCUT2D eigenvalue weighted by Gasteiger charge is 2.22. The Kier molecular flexibility index (Phi) is 5.08. The zero-order chi connectivity index (χ0) is 15.0. The van der Waals surface area contributed by atoms with Gasteiger partial charge in [-0.2, -0.15) is 0 Å². The summed E-state index contributed by atoms with van der Waals surface area (Å²) in [5, 5.41) is 3.63. The molecule has 1 aliphatic rings. The van der Waals surface area contributed by atoms with E-state index in [1.165, 1.54) is 17.3 Å². The van der Waals surface area contributed by atoms with Gasteiger partial charge in [0.1, 0.15) is 5.82 Å². The molecule has 2 aromatic rings. The van der Waals surface area contributed by atoms with Gasteiger partial charge in [-0.3, -0.25) is 4.79 Å². The van der Waals surface area contributed by atoms with E-state index in [4.69, 9.17) is 0 Å². The predicted octanol–water partition coefficient (Wildman–Crippen LogP) is 2.33. The van der Waals surface area contributed by atoms with E-state index >= 15 is 0 Å². The second-order valence-corrected chi connectivity index (χ2v) is 5.65. The Bertz CT molecular complexity index is 698. The molecule has 22 heavy (non-hydrogen) atoms. The molecular weight excluding hydrogens is 305 g/mol. The van der Waals surface area contributed by atoms with E-state index in [2.05, 4.69) is 21.8 Å².